The summed E-state index contributed by atoms with van der Waals surface area (Å²) in [6, 6.07) is 0. The third kappa shape index (κ3) is 1.56. The number of aryl methyl sites for hydroxylation is 1. The third-order valence-electron chi connectivity index (χ3n) is 1.83. The molecule has 0 unspecified atom stereocenters. The molecule has 0 amide bonds. The monoisotopic (exact) mass is 188 g/mol. The van der Waals surface area contributed by atoms with Gasteiger partial charge in [-0.15, -0.1) is 11.3 Å². The predicted octanol–water partition coefficient (Wildman–Crippen LogP) is 3.97. The largest absolute Gasteiger partial charge is 0.145 e. The van der Waals surface area contributed by atoms with Crippen molar-refractivity contribution in [1.29, 1.82) is 0 Å². The first kappa shape index (κ1) is 4.28. The van der Waals surface area contributed by atoms with Gasteiger partial charge < -0.3 is 0 Å². The van der Waals surface area contributed by atoms with Crippen LogP contribution in [0.5, 0.6) is 0 Å². The van der Waals surface area contributed by atoms with E-state index < -0.39 is 13.7 Å². The van der Waals surface area contributed by atoms with Crippen molar-refractivity contribution in [3.05, 3.63) is 20.9 Å². The van der Waals surface area contributed by atoms with Crippen LogP contribution in [0.3, 0.4) is 0 Å². The quantitative estimate of drug-likeness (QED) is 0.578. The summed E-state index contributed by atoms with van der Waals surface area (Å²) in [5.41, 5.74) is 0.356. The first-order valence-electron chi connectivity index (χ1n) is 6.91. The molecular weight excluding hydrogens is 164 g/mol. The smallest absolute Gasteiger partial charge is 0.0288 e. The lowest BCUT2D eigenvalue weighted by Gasteiger charge is -2.17. The van der Waals surface area contributed by atoms with E-state index in [4.69, 9.17) is 8.22 Å². The molecule has 0 N–H and O–H groups in total. The summed E-state index contributed by atoms with van der Waals surface area (Å²) in [5.74, 6) is 0. The Hall–Kier alpha value is -0.300. The lowest BCUT2D eigenvalue weighted by atomic mass is 9.91. The highest BCUT2D eigenvalue weighted by molar-refractivity contribution is 7.12. The zero-order valence-electron chi connectivity index (χ0n) is 13.9. The molecular formula is C11H18S. The Morgan fingerprint density at radius 3 is 2.17 bits per heavy atom. The zero-order valence-corrected chi connectivity index (χ0v) is 8.72. The van der Waals surface area contributed by atoms with Crippen LogP contribution in [0.1, 0.15) is 49.9 Å². The van der Waals surface area contributed by atoms with Gasteiger partial charge in [0, 0.05) is 18.0 Å². The van der Waals surface area contributed by atoms with Gasteiger partial charge in [-0.3, -0.25) is 0 Å². The van der Waals surface area contributed by atoms with Gasteiger partial charge in [0.25, 0.3) is 0 Å². The number of hydrogen-bond acceptors (Lipinski definition) is 1. The molecule has 68 valence electrons. The van der Waals surface area contributed by atoms with Gasteiger partial charge in [-0.25, -0.2) is 0 Å². The fourth-order valence-corrected chi connectivity index (χ4v) is 2.25. The van der Waals surface area contributed by atoms with Gasteiger partial charge in [-0.2, -0.15) is 0 Å². The van der Waals surface area contributed by atoms with Crippen LogP contribution >= 0.6 is 11.3 Å². The number of thiophene rings is 1. The van der Waals surface area contributed by atoms with E-state index in [0.29, 0.717) is 5.56 Å². The van der Waals surface area contributed by atoms with Gasteiger partial charge in [-0.05, 0) is 37.2 Å². The van der Waals surface area contributed by atoms with E-state index in [9.17, 15) is 0 Å². The molecule has 1 heteroatoms. The summed E-state index contributed by atoms with van der Waals surface area (Å²) in [4.78, 5) is 0.838. The fraction of sp³-hybridized carbons (Fsp3) is 0.636. The van der Waals surface area contributed by atoms with E-state index in [0.717, 1.165) is 16.2 Å². The molecule has 0 aliphatic heterocycles. The highest BCUT2D eigenvalue weighted by atomic mass is 32.1. The number of hydrogen-bond donors (Lipinski definition) is 0. The van der Waals surface area contributed by atoms with Crippen molar-refractivity contribution in [3.8, 4) is 0 Å². The second-order valence-corrected chi connectivity index (χ2v) is 5.03. The SMILES string of the molecule is [2H]C([2H])([2H])c1sc(C(C)(C)C)c(C)c1C([2H])([2H])[2H]. The van der Waals surface area contributed by atoms with Crippen molar-refractivity contribution in [3.63, 3.8) is 0 Å². The second kappa shape index (κ2) is 2.88. The summed E-state index contributed by atoms with van der Waals surface area (Å²) in [5, 5.41) is 0. The molecule has 0 saturated heterocycles. The molecule has 0 atom stereocenters. The van der Waals surface area contributed by atoms with Crippen molar-refractivity contribution >= 4 is 11.3 Å². The molecule has 1 aromatic rings. The van der Waals surface area contributed by atoms with Crippen molar-refractivity contribution in [1.82, 2.24) is 0 Å². The second-order valence-electron chi connectivity index (χ2n) is 4.01. The lowest BCUT2D eigenvalue weighted by Crippen LogP contribution is -2.10. The summed E-state index contributed by atoms with van der Waals surface area (Å²) < 4.78 is 45.1. The molecule has 0 aliphatic carbocycles. The van der Waals surface area contributed by atoms with Crippen LogP contribution in [0.2, 0.25) is 0 Å². The van der Waals surface area contributed by atoms with Gasteiger partial charge >= 0.3 is 0 Å². The standard InChI is InChI=1S/C11H18S/c1-7-8(2)10(11(4,5)6)12-9(7)3/h1-6H3/i1D3,3D3. The van der Waals surface area contributed by atoms with Crippen molar-refractivity contribution in [2.75, 3.05) is 0 Å². The molecule has 0 aliphatic rings. The number of rotatable bonds is 0. The molecule has 1 rings (SSSR count). The topological polar surface area (TPSA) is 0 Å². The molecule has 1 aromatic heterocycles. The summed E-state index contributed by atoms with van der Waals surface area (Å²) in [7, 11) is 0. The highest BCUT2D eigenvalue weighted by Gasteiger charge is 2.20. The van der Waals surface area contributed by atoms with Gasteiger partial charge in [0.2, 0.25) is 0 Å². The Balaban J connectivity index is 3.63. The Labute approximate surface area is 88.1 Å². The first-order chi connectivity index (χ1) is 7.76. The van der Waals surface area contributed by atoms with Crippen molar-refractivity contribution < 1.29 is 8.22 Å². The molecule has 0 aromatic carbocycles. The Morgan fingerprint density at radius 1 is 1.17 bits per heavy atom. The summed E-state index contributed by atoms with van der Waals surface area (Å²) in [6.07, 6.45) is 0. The Bertz CT molecular complexity index is 444. The van der Waals surface area contributed by atoms with Crippen molar-refractivity contribution in [2.24, 2.45) is 0 Å². The molecule has 0 radical (unpaired) electrons. The minimum absolute atomic E-state index is 0.00456. The summed E-state index contributed by atoms with van der Waals surface area (Å²) >= 11 is 1.10. The summed E-state index contributed by atoms with van der Waals surface area (Å²) in [6.45, 7) is 2.82. The predicted molar refractivity (Wildman–Crippen MR) is 57.2 cm³/mol. The maximum Gasteiger partial charge on any atom is 0.0288 e. The van der Waals surface area contributed by atoms with E-state index in [-0.39, 0.29) is 15.9 Å². The maximum absolute atomic E-state index is 7.54. The average Bonchev–Trinajstić information content (AvgIpc) is 2.39. The Kier molecular flexibility index (Phi) is 1.03. The van der Waals surface area contributed by atoms with Crippen LogP contribution in [-0.4, -0.2) is 0 Å². The highest BCUT2D eigenvalue weighted by Crippen LogP contribution is 2.35. The molecule has 0 fully saturated rings. The van der Waals surface area contributed by atoms with E-state index in [2.05, 4.69) is 0 Å². The third-order valence-corrected chi connectivity index (χ3v) is 3.36. The van der Waals surface area contributed by atoms with E-state index in [1.165, 1.54) is 0 Å². The van der Waals surface area contributed by atoms with Crippen LogP contribution in [0.15, 0.2) is 0 Å². The van der Waals surface area contributed by atoms with Gasteiger partial charge in [-0.1, -0.05) is 20.8 Å². The van der Waals surface area contributed by atoms with Gasteiger partial charge in [0.05, 0.1) is 0 Å². The average molecular weight is 188 g/mol. The first-order valence-corrected chi connectivity index (χ1v) is 4.72. The van der Waals surface area contributed by atoms with Gasteiger partial charge in [0.15, 0.2) is 0 Å². The normalized spacial score (nSPS) is 21.7. The zero-order chi connectivity index (χ0) is 14.5. The maximum atomic E-state index is 7.54. The van der Waals surface area contributed by atoms with Crippen LogP contribution in [0, 0.1) is 20.6 Å². The van der Waals surface area contributed by atoms with E-state index in [1.54, 1.807) is 6.92 Å². The molecule has 0 spiro atoms. The minimum Gasteiger partial charge on any atom is -0.145 e. The van der Waals surface area contributed by atoms with Crippen LogP contribution in [0.25, 0.3) is 0 Å². The molecule has 0 saturated carbocycles. The lowest BCUT2D eigenvalue weighted by molar-refractivity contribution is 0.600. The Morgan fingerprint density at radius 2 is 1.83 bits per heavy atom. The van der Waals surface area contributed by atoms with E-state index in [1.807, 2.05) is 20.8 Å². The van der Waals surface area contributed by atoms with Crippen molar-refractivity contribution in [2.45, 2.75) is 46.8 Å². The molecule has 0 bridgehead atoms. The molecule has 1 heterocycles. The molecule has 12 heavy (non-hydrogen) atoms. The van der Waals surface area contributed by atoms with E-state index >= 15 is 0 Å². The van der Waals surface area contributed by atoms with Crippen LogP contribution < -0.4 is 0 Å². The molecule has 0 nitrogen and oxygen atoms in total. The van der Waals surface area contributed by atoms with Gasteiger partial charge in [0.1, 0.15) is 0 Å². The van der Waals surface area contributed by atoms with Crippen LogP contribution in [0.4, 0.5) is 0 Å². The minimum atomic E-state index is -2.38. The fourth-order valence-electron chi connectivity index (χ4n) is 1.23. The van der Waals surface area contributed by atoms with Crippen LogP contribution in [-0.2, 0) is 5.41 Å².